The highest BCUT2D eigenvalue weighted by Crippen LogP contribution is 2.30. The molecule has 2 unspecified atom stereocenters. The zero-order chi connectivity index (χ0) is 17.2. The van der Waals surface area contributed by atoms with Crippen molar-refractivity contribution in [2.75, 3.05) is 12.4 Å². The Morgan fingerprint density at radius 1 is 1.35 bits per heavy atom. The number of amides is 1. The molecule has 0 bridgehead atoms. The third-order valence-electron chi connectivity index (χ3n) is 3.82. The van der Waals surface area contributed by atoms with Gasteiger partial charge in [-0.3, -0.25) is 4.79 Å². The van der Waals surface area contributed by atoms with E-state index in [1.807, 2.05) is 0 Å². The summed E-state index contributed by atoms with van der Waals surface area (Å²) in [4.78, 5) is 12.1. The number of anilines is 1. The SMILES string of the molecule is COc1ccc(NC(=O)C(C)C(C)N)cc1S(=O)(=O)NC1CC1. The first-order valence-electron chi connectivity index (χ1n) is 7.51. The quantitative estimate of drug-likeness (QED) is 0.687. The second-order valence-electron chi connectivity index (χ2n) is 5.90. The van der Waals surface area contributed by atoms with Gasteiger partial charge in [0.25, 0.3) is 0 Å². The molecule has 1 fully saturated rings. The monoisotopic (exact) mass is 341 g/mol. The van der Waals surface area contributed by atoms with E-state index in [4.69, 9.17) is 10.5 Å². The topological polar surface area (TPSA) is 111 Å². The molecule has 1 aromatic carbocycles. The molecule has 7 nitrogen and oxygen atoms in total. The van der Waals surface area contributed by atoms with Gasteiger partial charge in [-0.2, -0.15) is 0 Å². The fraction of sp³-hybridized carbons (Fsp3) is 0.533. The molecule has 0 heterocycles. The number of nitrogens with one attached hydrogen (secondary N) is 2. The second kappa shape index (κ2) is 6.86. The van der Waals surface area contributed by atoms with Crippen molar-refractivity contribution in [2.45, 2.75) is 43.7 Å². The van der Waals surface area contributed by atoms with Crippen LogP contribution in [-0.4, -0.2) is 33.5 Å². The molecule has 0 aromatic heterocycles. The Morgan fingerprint density at radius 2 is 2.00 bits per heavy atom. The van der Waals surface area contributed by atoms with Crippen LogP contribution in [0.25, 0.3) is 0 Å². The van der Waals surface area contributed by atoms with E-state index in [-0.39, 0.29) is 34.6 Å². The Morgan fingerprint density at radius 3 is 2.52 bits per heavy atom. The van der Waals surface area contributed by atoms with Crippen molar-refractivity contribution in [1.82, 2.24) is 4.72 Å². The van der Waals surface area contributed by atoms with Crippen LogP contribution in [0.15, 0.2) is 23.1 Å². The Kier molecular flexibility index (Phi) is 5.28. The number of carbonyl (C=O) groups is 1. The van der Waals surface area contributed by atoms with Crippen LogP contribution in [0.2, 0.25) is 0 Å². The smallest absolute Gasteiger partial charge is 0.244 e. The Balaban J connectivity index is 2.26. The van der Waals surface area contributed by atoms with Crippen molar-refractivity contribution in [3.63, 3.8) is 0 Å². The summed E-state index contributed by atoms with van der Waals surface area (Å²) in [6, 6.07) is 4.21. The Labute approximate surface area is 136 Å². The molecule has 23 heavy (non-hydrogen) atoms. The zero-order valence-corrected chi connectivity index (χ0v) is 14.3. The van der Waals surface area contributed by atoms with E-state index in [0.29, 0.717) is 5.69 Å². The van der Waals surface area contributed by atoms with E-state index < -0.39 is 10.0 Å². The minimum absolute atomic E-state index is 0.0122. The van der Waals surface area contributed by atoms with Crippen molar-refractivity contribution < 1.29 is 17.9 Å². The molecule has 128 valence electrons. The lowest BCUT2D eigenvalue weighted by atomic mass is 10.0. The standard InChI is InChI=1S/C15H23N3O4S/c1-9(10(2)16)15(19)17-12-6-7-13(22-3)14(8-12)23(20,21)18-11-4-5-11/h6-11,18H,4-5,16H2,1-3H3,(H,17,19). The van der Waals surface area contributed by atoms with Gasteiger partial charge in [-0.25, -0.2) is 13.1 Å². The number of nitrogens with two attached hydrogens (primary N) is 1. The van der Waals surface area contributed by atoms with Crippen LogP contribution in [0.1, 0.15) is 26.7 Å². The van der Waals surface area contributed by atoms with E-state index >= 15 is 0 Å². The van der Waals surface area contributed by atoms with Gasteiger partial charge in [0.2, 0.25) is 15.9 Å². The van der Waals surface area contributed by atoms with E-state index in [1.165, 1.54) is 19.2 Å². The molecule has 4 N–H and O–H groups in total. The summed E-state index contributed by atoms with van der Waals surface area (Å²) in [6.07, 6.45) is 1.67. The maximum atomic E-state index is 12.4. The summed E-state index contributed by atoms with van der Waals surface area (Å²) in [7, 11) is -2.28. The summed E-state index contributed by atoms with van der Waals surface area (Å²) in [6.45, 7) is 3.46. The first-order valence-corrected chi connectivity index (χ1v) is 8.99. The molecule has 1 aromatic rings. The molecule has 0 aliphatic heterocycles. The summed E-state index contributed by atoms with van der Waals surface area (Å²) in [5.74, 6) is -0.415. The highest BCUT2D eigenvalue weighted by atomic mass is 32.2. The molecule has 8 heteroatoms. The lowest BCUT2D eigenvalue weighted by Crippen LogP contribution is -2.34. The van der Waals surface area contributed by atoms with Crippen molar-refractivity contribution in [3.05, 3.63) is 18.2 Å². The number of carbonyl (C=O) groups excluding carboxylic acids is 1. The largest absolute Gasteiger partial charge is 0.495 e. The minimum atomic E-state index is -3.69. The molecular formula is C15H23N3O4S. The first kappa shape index (κ1) is 17.7. The maximum absolute atomic E-state index is 12.4. The molecular weight excluding hydrogens is 318 g/mol. The summed E-state index contributed by atoms with van der Waals surface area (Å²) in [5, 5.41) is 2.69. The third-order valence-corrected chi connectivity index (χ3v) is 5.36. The number of ether oxygens (including phenoxy) is 1. The summed E-state index contributed by atoms with van der Waals surface area (Å²) >= 11 is 0. The molecule has 0 radical (unpaired) electrons. The van der Waals surface area contributed by atoms with Gasteiger partial charge in [0, 0.05) is 17.8 Å². The van der Waals surface area contributed by atoms with Crippen molar-refractivity contribution in [3.8, 4) is 5.75 Å². The number of hydrogen-bond donors (Lipinski definition) is 3. The van der Waals surface area contributed by atoms with Gasteiger partial charge >= 0.3 is 0 Å². The average molecular weight is 341 g/mol. The predicted molar refractivity (Wildman–Crippen MR) is 87.8 cm³/mol. The number of benzene rings is 1. The zero-order valence-electron chi connectivity index (χ0n) is 13.5. The van der Waals surface area contributed by atoms with Crippen LogP contribution in [0.4, 0.5) is 5.69 Å². The molecule has 1 aliphatic carbocycles. The van der Waals surface area contributed by atoms with E-state index in [1.54, 1.807) is 19.9 Å². The molecule has 0 spiro atoms. The highest BCUT2D eigenvalue weighted by Gasteiger charge is 2.30. The van der Waals surface area contributed by atoms with Gasteiger partial charge in [-0.1, -0.05) is 6.92 Å². The van der Waals surface area contributed by atoms with Gasteiger partial charge in [0.05, 0.1) is 13.0 Å². The lowest BCUT2D eigenvalue weighted by Gasteiger charge is -2.17. The molecule has 1 aliphatic rings. The number of sulfonamides is 1. The summed E-state index contributed by atoms with van der Waals surface area (Å²) < 4.78 is 32.6. The van der Waals surface area contributed by atoms with Crippen LogP contribution < -0.4 is 20.5 Å². The lowest BCUT2D eigenvalue weighted by molar-refractivity contribution is -0.119. The number of methoxy groups -OCH3 is 1. The van der Waals surface area contributed by atoms with Gasteiger partial charge in [-0.15, -0.1) is 0 Å². The highest BCUT2D eigenvalue weighted by molar-refractivity contribution is 7.89. The molecule has 2 rings (SSSR count). The maximum Gasteiger partial charge on any atom is 0.244 e. The fourth-order valence-electron chi connectivity index (χ4n) is 1.94. The second-order valence-corrected chi connectivity index (χ2v) is 7.58. The van der Waals surface area contributed by atoms with Gasteiger partial charge < -0.3 is 15.8 Å². The molecule has 1 amide bonds. The average Bonchev–Trinajstić information content (AvgIpc) is 3.29. The molecule has 2 atom stereocenters. The number of rotatable bonds is 7. The van der Waals surface area contributed by atoms with Gasteiger partial charge in [-0.05, 0) is 38.0 Å². The fourth-order valence-corrected chi connectivity index (χ4v) is 3.44. The van der Waals surface area contributed by atoms with E-state index in [2.05, 4.69) is 10.0 Å². The van der Waals surface area contributed by atoms with Crippen molar-refractivity contribution >= 4 is 21.6 Å². The van der Waals surface area contributed by atoms with Crippen LogP contribution in [0.5, 0.6) is 5.75 Å². The Hall–Kier alpha value is -1.64. The first-order chi connectivity index (χ1) is 10.7. The van der Waals surface area contributed by atoms with Crippen molar-refractivity contribution in [1.29, 1.82) is 0 Å². The molecule has 1 saturated carbocycles. The minimum Gasteiger partial charge on any atom is -0.495 e. The Bertz CT molecular complexity index is 684. The third kappa shape index (κ3) is 4.43. The van der Waals surface area contributed by atoms with Crippen LogP contribution in [0.3, 0.4) is 0 Å². The van der Waals surface area contributed by atoms with E-state index in [0.717, 1.165) is 12.8 Å². The van der Waals surface area contributed by atoms with E-state index in [9.17, 15) is 13.2 Å². The van der Waals surface area contributed by atoms with Crippen LogP contribution in [-0.2, 0) is 14.8 Å². The normalized spacial score (nSPS) is 17.4. The van der Waals surface area contributed by atoms with Crippen LogP contribution >= 0.6 is 0 Å². The van der Waals surface area contributed by atoms with Gasteiger partial charge in [0.1, 0.15) is 10.6 Å². The number of hydrogen-bond acceptors (Lipinski definition) is 5. The summed E-state index contributed by atoms with van der Waals surface area (Å²) in [5.41, 5.74) is 6.10. The van der Waals surface area contributed by atoms with Crippen molar-refractivity contribution in [2.24, 2.45) is 11.7 Å². The van der Waals surface area contributed by atoms with Gasteiger partial charge in [0.15, 0.2) is 0 Å². The predicted octanol–water partition coefficient (Wildman–Crippen LogP) is 1.06. The molecule has 0 saturated heterocycles. The van der Waals surface area contributed by atoms with Crippen LogP contribution in [0, 0.1) is 5.92 Å².